The number of anilines is 1. The molecule has 11 nitrogen and oxygen atoms in total. The third-order valence-electron chi connectivity index (χ3n) is 6.28. The van der Waals surface area contributed by atoms with Gasteiger partial charge in [0.05, 0.1) is 23.8 Å². The maximum Gasteiger partial charge on any atom is 0.410 e. The SMILES string of the molecule is CC(C)Cc1c(F)cnc2cc(Cn3c(Cl)ccc(NC(=O)C(CCC=CC(=O)N(C)C)OC(=O)N(C)C)c3=O)[nH]c12. The van der Waals surface area contributed by atoms with Gasteiger partial charge in [-0.05, 0) is 49.5 Å². The average Bonchev–Trinajstić information content (AvgIpc) is 3.34. The van der Waals surface area contributed by atoms with Gasteiger partial charge in [-0.3, -0.25) is 23.9 Å². The van der Waals surface area contributed by atoms with Crippen molar-refractivity contribution in [2.24, 2.45) is 5.92 Å². The Hall–Kier alpha value is -4.19. The zero-order valence-corrected chi connectivity index (χ0v) is 25.3. The molecular weight excluding hydrogens is 567 g/mol. The summed E-state index contributed by atoms with van der Waals surface area (Å²) in [6.45, 7) is 3.98. The first-order valence-electron chi connectivity index (χ1n) is 13.4. The number of fused-ring (bicyclic) bond motifs is 1. The van der Waals surface area contributed by atoms with E-state index in [-0.39, 0.29) is 42.1 Å². The Kier molecular flexibility index (Phi) is 10.9. The third kappa shape index (κ3) is 8.19. The first-order chi connectivity index (χ1) is 19.8. The van der Waals surface area contributed by atoms with E-state index >= 15 is 0 Å². The van der Waals surface area contributed by atoms with Gasteiger partial charge < -0.3 is 24.8 Å². The molecule has 42 heavy (non-hydrogen) atoms. The molecule has 1 unspecified atom stereocenters. The monoisotopic (exact) mass is 602 g/mol. The number of pyridine rings is 2. The molecule has 13 heteroatoms. The van der Waals surface area contributed by atoms with Gasteiger partial charge in [0.1, 0.15) is 16.7 Å². The third-order valence-corrected chi connectivity index (χ3v) is 6.61. The van der Waals surface area contributed by atoms with Crippen LogP contribution in [0.1, 0.15) is 37.9 Å². The smallest absolute Gasteiger partial charge is 0.410 e. The van der Waals surface area contributed by atoms with E-state index in [9.17, 15) is 23.6 Å². The second-order valence-corrected chi connectivity index (χ2v) is 11.1. The van der Waals surface area contributed by atoms with Crippen molar-refractivity contribution in [3.63, 3.8) is 0 Å². The number of H-pyrrole nitrogens is 1. The highest BCUT2D eigenvalue weighted by molar-refractivity contribution is 6.29. The van der Waals surface area contributed by atoms with Crippen LogP contribution in [0.5, 0.6) is 0 Å². The minimum atomic E-state index is -1.24. The number of hydrogen-bond donors (Lipinski definition) is 2. The summed E-state index contributed by atoms with van der Waals surface area (Å²) in [5, 5.41) is 2.66. The Morgan fingerprint density at radius 1 is 1.19 bits per heavy atom. The normalized spacial score (nSPS) is 12.1. The minimum absolute atomic E-state index is 0.00418. The van der Waals surface area contributed by atoms with Crippen molar-refractivity contribution in [3.8, 4) is 0 Å². The Morgan fingerprint density at radius 2 is 1.90 bits per heavy atom. The van der Waals surface area contributed by atoms with Gasteiger partial charge in [0.2, 0.25) is 5.91 Å². The number of halogens is 2. The zero-order chi connectivity index (χ0) is 31.1. The van der Waals surface area contributed by atoms with E-state index in [0.29, 0.717) is 28.7 Å². The molecule has 3 amide bonds. The van der Waals surface area contributed by atoms with Crippen LogP contribution in [0.15, 0.2) is 41.3 Å². The maximum atomic E-state index is 14.5. The first-order valence-corrected chi connectivity index (χ1v) is 13.8. The molecule has 2 N–H and O–H groups in total. The van der Waals surface area contributed by atoms with E-state index < -0.39 is 29.5 Å². The number of nitrogens with one attached hydrogen (secondary N) is 2. The molecule has 0 aliphatic rings. The van der Waals surface area contributed by atoms with Crippen molar-refractivity contribution >= 4 is 46.2 Å². The first kappa shape index (κ1) is 32.3. The van der Waals surface area contributed by atoms with Crippen LogP contribution < -0.4 is 10.9 Å². The molecule has 0 aromatic carbocycles. The number of carbonyl (C=O) groups excluding carboxylic acids is 3. The highest BCUT2D eigenvalue weighted by Crippen LogP contribution is 2.24. The molecular formula is C29H36ClFN6O5. The molecule has 0 saturated heterocycles. The Bertz CT molecular complexity index is 1550. The van der Waals surface area contributed by atoms with Gasteiger partial charge in [-0.1, -0.05) is 31.5 Å². The summed E-state index contributed by atoms with van der Waals surface area (Å²) in [5.41, 5.74) is 1.53. The zero-order valence-electron chi connectivity index (χ0n) is 24.5. The van der Waals surface area contributed by atoms with Crippen molar-refractivity contribution in [3.05, 3.63) is 69.1 Å². The van der Waals surface area contributed by atoms with Crippen LogP contribution in [-0.4, -0.2) is 76.5 Å². The number of likely N-dealkylation sites (N-methyl/N-ethyl adjacent to an activating group) is 1. The number of carbonyl (C=O) groups is 3. The lowest BCUT2D eigenvalue weighted by molar-refractivity contribution is -0.125. The summed E-state index contributed by atoms with van der Waals surface area (Å²) in [5.74, 6) is -1.14. The van der Waals surface area contributed by atoms with E-state index in [1.165, 1.54) is 52.9 Å². The van der Waals surface area contributed by atoms with E-state index in [2.05, 4.69) is 15.3 Å². The Labute approximate surface area is 248 Å². The number of allylic oxidation sites excluding steroid dienone is 1. The van der Waals surface area contributed by atoms with Gasteiger partial charge >= 0.3 is 6.09 Å². The summed E-state index contributed by atoms with van der Waals surface area (Å²) in [6, 6.07) is 4.54. The maximum absolute atomic E-state index is 14.5. The second-order valence-electron chi connectivity index (χ2n) is 10.7. The van der Waals surface area contributed by atoms with Gasteiger partial charge in [-0.2, -0.15) is 0 Å². The van der Waals surface area contributed by atoms with Crippen LogP contribution in [0.2, 0.25) is 5.15 Å². The second kappa shape index (κ2) is 14.1. The number of aromatic nitrogens is 3. The number of aromatic amines is 1. The lowest BCUT2D eigenvalue weighted by Gasteiger charge is -2.20. The number of rotatable bonds is 11. The van der Waals surface area contributed by atoms with Crippen LogP contribution in [0.4, 0.5) is 14.9 Å². The lowest BCUT2D eigenvalue weighted by Crippen LogP contribution is -2.37. The molecule has 0 aliphatic carbocycles. The predicted octanol–water partition coefficient (Wildman–Crippen LogP) is 4.19. The van der Waals surface area contributed by atoms with Crippen molar-refractivity contribution in [2.45, 2.75) is 45.8 Å². The van der Waals surface area contributed by atoms with Crippen molar-refractivity contribution in [1.82, 2.24) is 24.3 Å². The summed E-state index contributed by atoms with van der Waals surface area (Å²) in [4.78, 5) is 60.4. The molecule has 3 aromatic rings. The molecule has 0 aliphatic heterocycles. The number of ether oxygens (including phenoxy) is 1. The summed E-state index contributed by atoms with van der Waals surface area (Å²) in [6.07, 6.45) is 2.99. The Morgan fingerprint density at radius 3 is 2.55 bits per heavy atom. The van der Waals surface area contributed by atoms with E-state index in [1.807, 2.05) is 13.8 Å². The fraction of sp³-hybridized carbons (Fsp3) is 0.414. The largest absolute Gasteiger partial charge is 0.436 e. The predicted molar refractivity (Wildman–Crippen MR) is 159 cm³/mol. The molecule has 3 heterocycles. The lowest BCUT2D eigenvalue weighted by atomic mass is 10.0. The molecule has 1 atom stereocenters. The van der Waals surface area contributed by atoms with Crippen LogP contribution >= 0.6 is 11.6 Å². The molecule has 3 aromatic heterocycles. The number of amides is 3. The minimum Gasteiger partial charge on any atom is -0.436 e. The van der Waals surface area contributed by atoms with Gasteiger partial charge in [-0.25, -0.2) is 9.18 Å². The molecule has 0 fully saturated rings. The van der Waals surface area contributed by atoms with E-state index in [4.69, 9.17) is 16.3 Å². The molecule has 0 radical (unpaired) electrons. The van der Waals surface area contributed by atoms with Gasteiger partial charge in [0.25, 0.3) is 11.5 Å². The van der Waals surface area contributed by atoms with Crippen LogP contribution in [-0.2, 0) is 27.3 Å². The average molecular weight is 603 g/mol. The van der Waals surface area contributed by atoms with Crippen molar-refractivity contribution in [2.75, 3.05) is 33.5 Å². The van der Waals surface area contributed by atoms with Gasteiger partial charge in [0.15, 0.2) is 6.10 Å². The van der Waals surface area contributed by atoms with Crippen molar-refractivity contribution < 1.29 is 23.5 Å². The van der Waals surface area contributed by atoms with E-state index in [1.54, 1.807) is 26.2 Å². The number of nitrogens with zero attached hydrogens (tertiary/aromatic N) is 4. The summed E-state index contributed by atoms with van der Waals surface area (Å²) >= 11 is 6.36. The number of hydrogen-bond acceptors (Lipinski definition) is 6. The quantitative estimate of drug-likeness (QED) is 0.250. The molecule has 3 rings (SSSR count). The van der Waals surface area contributed by atoms with Gasteiger partial charge in [-0.15, -0.1) is 0 Å². The standard InChI is InChI=1S/C29H36ClFN6O5/c1-17(2)13-19-20(31)15-32-22-14-18(33-26(19)22)16-37-24(30)12-11-21(28(37)40)34-27(39)23(42-29(41)36(5)6)9-7-8-10-25(38)35(3)4/h8,10-12,14-15,17,23,33H,7,9,13,16H2,1-6H3,(H,34,39). The molecule has 0 spiro atoms. The van der Waals surface area contributed by atoms with Crippen molar-refractivity contribution in [1.29, 1.82) is 0 Å². The fourth-order valence-corrected chi connectivity index (χ4v) is 4.28. The van der Waals surface area contributed by atoms with Crippen LogP contribution in [0, 0.1) is 11.7 Å². The summed E-state index contributed by atoms with van der Waals surface area (Å²) in [7, 11) is 6.17. The van der Waals surface area contributed by atoms with E-state index in [0.717, 1.165) is 0 Å². The topological polar surface area (TPSA) is 130 Å². The summed E-state index contributed by atoms with van der Waals surface area (Å²) < 4.78 is 21.1. The molecule has 0 bridgehead atoms. The van der Waals surface area contributed by atoms with Crippen LogP contribution in [0.3, 0.4) is 0 Å². The van der Waals surface area contributed by atoms with Crippen LogP contribution in [0.25, 0.3) is 11.0 Å². The highest BCUT2D eigenvalue weighted by Gasteiger charge is 2.25. The Balaban J connectivity index is 1.84. The highest BCUT2D eigenvalue weighted by atomic mass is 35.5. The molecule has 0 saturated carbocycles. The fourth-order valence-electron chi connectivity index (χ4n) is 4.08. The van der Waals surface area contributed by atoms with Gasteiger partial charge in [0, 0.05) is 39.4 Å². The molecule has 226 valence electrons.